The molecule has 8 heteroatoms. The van der Waals surface area contributed by atoms with Crippen LogP contribution in [0.15, 0.2) is 91.3 Å². The number of aromatic nitrogens is 2. The molecular weight excluding hydrogens is 473 g/mol. The summed E-state index contributed by atoms with van der Waals surface area (Å²) < 4.78 is 15.4. The molecule has 0 spiro atoms. The Labute approximate surface area is 214 Å². The molecule has 2 N–H and O–H groups in total. The first-order valence-electron chi connectivity index (χ1n) is 11.8. The van der Waals surface area contributed by atoms with E-state index < -0.39 is 0 Å². The molecule has 0 unspecified atom stereocenters. The van der Waals surface area contributed by atoms with Crippen molar-refractivity contribution in [1.82, 2.24) is 19.8 Å². The van der Waals surface area contributed by atoms with Gasteiger partial charge in [-0.2, -0.15) is 0 Å². The monoisotopic (exact) mass is 499 g/mol. The second-order valence-electron chi connectivity index (χ2n) is 8.77. The molecule has 1 saturated heterocycles. The summed E-state index contributed by atoms with van der Waals surface area (Å²) in [5, 5.41) is 6.84. The van der Waals surface area contributed by atoms with Crippen molar-refractivity contribution in [1.29, 1.82) is 0 Å². The molecule has 0 radical (unpaired) electrons. The number of carbonyl (C=O) groups excluding carboxylic acids is 1. The van der Waals surface area contributed by atoms with Crippen LogP contribution in [0.1, 0.15) is 35.5 Å². The van der Waals surface area contributed by atoms with E-state index in [0.717, 1.165) is 17.1 Å². The number of thiocarbonyl (C=S) groups is 1. The summed E-state index contributed by atoms with van der Waals surface area (Å²) in [7, 11) is 0. The van der Waals surface area contributed by atoms with Gasteiger partial charge < -0.3 is 20.1 Å². The van der Waals surface area contributed by atoms with Gasteiger partial charge in [-0.05, 0) is 85.4 Å². The largest absolute Gasteiger partial charge is 0.352 e. The van der Waals surface area contributed by atoms with Crippen molar-refractivity contribution in [3.63, 3.8) is 0 Å². The summed E-state index contributed by atoms with van der Waals surface area (Å²) in [6, 6.07) is 23.6. The average molecular weight is 500 g/mol. The van der Waals surface area contributed by atoms with E-state index in [1.165, 1.54) is 17.7 Å². The van der Waals surface area contributed by atoms with Gasteiger partial charge in [-0.1, -0.05) is 18.2 Å². The van der Waals surface area contributed by atoms with Crippen molar-refractivity contribution in [3.8, 4) is 5.69 Å². The third kappa shape index (κ3) is 4.99. The maximum absolute atomic E-state index is 13.2. The number of aryl methyl sites for hydroxylation is 1. The Bertz CT molecular complexity index is 1370. The summed E-state index contributed by atoms with van der Waals surface area (Å²) >= 11 is 5.75. The van der Waals surface area contributed by atoms with Gasteiger partial charge in [0, 0.05) is 42.4 Å². The molecule has 0 saturated carbocycles. The van der Waals surface area contributed by atoms with E-state index in [1.54, 1.807) is 18.3 Å². The molecule has 6 nitrogen and oxygen atoms in total. The summed E-state index contributed by atoms with van der Waals surface area (Å²) in [4.78, 5) is 19.4. The molecule has 0 bridgehead atoms. The van der Waals surface area contributed by atoms with Crippen LogP contribution in [0.4, 0.5) is 10.1 Å². The van der Waals surface area contributed by atoms with Gasteiger partial charge in [0.05, 0.1) is 17.8 Å². The quantitative estimate of drug-likeness (QED) is 0.337. The van der Waals surface area contributed by atoms with Crippen LogP contribution < -0.4 is 10.6 Å². The number of benzene rings is 2. The standard InChI is InChI=1S/C28H26FN5OS/c1-19-6-4-7-22(18-19)33-16-5-9-24(33)27-26(23-8-2-3-15-30-23)32-28(36)34(27)17-14-25(35)31-21-12-10-20(29)11-13-21/h2-13,15-16,18,26-27H,14,17H2,1H3,(H,31,35)(H,32,36)/t26-,27-/m1/s1. The third-order valence-corrected chi connectivity index (χ3v) is 6.62. The van der Waals surface area contributed by atoms with Gasteiger partial charge in [-0.3, -0.25) is 9.78 Å². The van der Waals surface area contributed by atoms with Gasteiger partial charge in [0.1, 0.15) is 5.82 Å². The number of hydrogen-bond acceptors (Lipinski definition) is 3. The predicted octanol–water partition coefficient (Wildman–Crippen LogP) is 5.32. The molecule has 2 aromatic carbocycles. The lowest BCUT2D eigenvalue weighted by Crippen LogP contribution is -2.33. The molecule has 1 amide bonds. The second-order valence-corrected chi connectivity index (χ2v) is 9.15. The van der Waals surface area contributed by atoms with E-state index in [0.29, 0.717) is 17.3 Å². The van der Waals surface area contributed by atoms with E-state index in [9.17, 15) is 9.18 Å². The van der Waals surface area contributed by atoms with E-state index in [4.69, 9.17) is 12.2 Å². The lowest BCUT2D eigenvalue weighted by molar-refractivity contribution is -0.116. The highest BCUT2D eigenvalue weighted by Gasteiger charge is 2.41. The van der Waals surface area contributed by atoms with Crippen LogP contribution >= 0.6 is 12.2 Å². The summed E-state index contributed by atoms with van der Waals surface area (Å²) in [6.45, 7) is 2.48. The topological polar surface area (TPSA) is 62.2 Å². The summed E-state index contributed by atoms with van der Waals surface area (Å²) in [5.41, 5.74) is 4.70. The van der Waals surface area contributed by atoms with Gasteiger partial charge >= 0.3 is 0 Å². The zero-order valence-corrected chi connectivity index (χ0v) is 20.6. The Hall–Kier alpha value is -4.04. The zero-order valence-electron chi connectivity index (χ0n) is 19.8. The Balaban J connectivity index is 1.44. The van der Waals surface area contributed by atoms with E-state index >= 15 is 0 Å². The molecular formula is C28H26FN5OS. The maximum atomic E-state index is 13.2. The van der Waals surface area contributed by atoms with Crippen LogP contribution in [0.5, 0.6) is 0 Å². The first-order valence-corrected chi connectivity index (χ1v) is 12.2. The first kappa shape index (κ1) is 23.7. The van der Waals surface area contributed by atoms with E-state index in [2.05, 4.69) is 56.3 Å². The number of pyridine rings is 1. The third-order valence-electron chi connectivity index (χ3n) is 6.27. The number of hydrogen-bond donors (Lipinski definition) is 2. The smallest absolute Gasteiger partial charge is 0.226 e. The SMILES string of the molecule is Cc1cccc(-n2cccc2[C@@H]2[C@@H](c3ccccn3)NC(=S)N2CCC(=O)Nc2ccc(F)cc2)c1. The van der Waals surface area contributed by atoms with Gasteiger partial charge in [0.25, 0.3) is 0 Å². The number of rotatable bonds is 7. The van der Waals surface area contributed by atoms with Crippen molar-refractivity contribution in [2.45, 2.75) is 25.4 Å². The van der Waals surface area contributed by atoms with Crippen LogP contribution in [0, 0.1) is 12.7 Å². The molecule has 2 aromatic heterocycles. The number of halogens is 1. The molecule has 4 aromatic rings. The fourth-order valence-electron chi connectivity index (χ4n) is 4.59. The Morgan fingerprint density at radius 2 is 1.92 bits per heavy atom. The van der Waals surface area contributed by atoms with Gasteiger partial charge in [0.15, 0.2) is 5.11 Å². The fourth-order valence-corrected chi connectivity index (χ4v) is 4.93. The van der Waals surface area contributed by atoms with Crippen molar-refractivity contribution in [3.05, 3.63) is 114 Å². The highest BCUT2D eigenvalue weighted by atomic mass is 32.1. The second kappa shape index (κ2) is 10.3. The normalized spacial score (nSPS) is 17.2. The Morgan fingerprint density at radius 1 is 1.08 bits per heavy atom. The molecule has 5 rings (SSSR count). The van der Waals surface area contributed by atoms with Crippen molar-refractivity contribution >= 4 is 28.9 Å². The number of amides is 1. The molecule has 1 aliphatic rings. The lowest BCUT2D eigenvalue weighted by Gasteiger charge is -2.29. The van der Waals surface area contributed by atoms with Crippen molar-refractivity contribution < 1.29 is 9.18 Å². The lowest BCUT2D eigenvalue weighted by atomic mass is 10.0. The summed E-state index contributed by atoms with van der Waals surface area (Å²) in [6.07, 6.45) is 4.03. The molecule has 3 heterocycles. The minimum absolute atomic E-state index is 0.168. The highest BCUT2D eigenvalue weighted by Crippen LogP contribution is 2.39. The van der Waals surface area contributed by atoms with Crippen LogP contribution in [0.3, 0.4) is 0 Å². The highest BCUT2D eigenvalue weighted by molar-refractivity contribution is 7.80. The van der Waals surface area contributed by atoms with Gasteiger partial charge in [-0.15, -0.1) is 0 Å². The first-order chi connectivity index (χ1) is 17.5. The zero-order chi connectivity index (χ0) is 25.1. The number of carbonyl (C=O) groups is 1. The average Bonchev–Trinajstić information content (AvgIpc) is 3.49. The Kier molecular flexibility index (Phi) is 6.77. The molecule has 182 valence electrons. The fraction of sp³-hybridized carbons (Fsp3) is 0.179. The van der Waals surface area contributed by atoms with E-state index in [-0.39, 0.29) is 30.2 Å². The van der Waals surface area contributed by atoms with Crippen LogP contribution in [0.25, 0.3) is 5.69 Å². The van der Waals surface area contributed by atoms with E-state index in [1.807, 2.05) is 36.5 Å². The number of anilines is 1. The minimum Gasteiger partial charge on any atom is -0.352 e. The van der Waals surface area contributed by atoms with Gasteiger partial charge in [-0.25, -0.2) is 4.39 Å². The molecule has 1 fully saturated rings. The van der Waals surface area contributed by atoms with Crippen molar-refractivity contribution in [2.24, 2.45) is 0 Å². The maximum Gasteiger partial charge on any atom is 0.226 e. The van der Waals surface area contributed by atoms with Crippen molar-refractivity contribution in [2.75, 3.05) is 11.9 Å². The van der Waals surface area contributed by atoms with Crippen LogP contribution in [-0.4, -0.2) is 32.0 Å². The summed E-state index contributed by atoms with van der Waals surface area (Å²) in [5.74, 6) is -0.514. The number of nitrogens with zero attached hydrogens (tertiary/aromatic N) is 3. The Morgan fingerprint density at radius 3 is 2.67 bits per heavy atom. The van der Waals surface area contributed by atoms with Crippen LogP contribution in [0.2, 0.25) is 0 Å². The van der Waals surface area contributed by atoms with Crippen LogP contribution in [-0.2, 0) is 4.79 Å². The minimum atomic E-state index is -0.346. The van der Waals surface area contributed by atoms with Gasteiger partial charge in [0.2, 0.25) is 5.91 Å². The molecule has 0 aliphatic carbocycles. The molecule has 1 aliphatic heterocycles. The molecule has 2 atom stereocenters. The predicted molar refractivity (Wildman–Crippen MR) is 142 cm³/mol. The molecule has 36 heavy (non-hydrogen) atoms. The number of nitrogens with one attached hydrogen (secondary N) is 2.